The Labute approximate surface area is 184 Å². The van der Waals surface area contributed by atoms with Crippen molar-refractivity contribution in [3.8, 4) is 10.6 Å². The summed E-state index contributed by atoms with van der Waals surface area (Å²) in [5.41, 5.74) is 1.37. The minimum Gasteiger partial charge on any atom is -0.424 e. The number of nitrogens with zero attached hydrogens (tertiary/aromatic N) is 5. The molecule has 0 bridgehead atoms. The first-order valence-electron chi connectivity index (χ1n) is 9.33. The summed E-state index contributed by atoms with van der Waals surface area (Å²) >= 11 is 1.54. The summed E-state index contributed by atoms with van der Waals surface area (Å²) < 4.78 is 33.4. The molecule has 0 saturated carbocycles. The van der Waals surface area contributed by atoms with Crippen molar-refractivity contribution >= 4 is 34.4 Å². The number of halogens is 2. The summed E-state index contributed by atoms with van der Waals surface area (Å²) in [6.07, 6.45) is 0.247. The number of anilines is 1. The average Bonchev–Trinajstić information content (AvgIpc) is 3.49. The van der Waals surface area contributed by atoms with Crippen LogP contribution in [0.15, 0.2) is 40.1 Å². The molecule has 32 heavy (non-hydrogen) atoms. The molecule has 0 spiro atoms. The lowest BCUT2D eigenvalue weighted by atomic mass is 10.2. The average molecular weight is 460 g/mol. The van der Waals surface area contributed by atoms with Gasteiger partial charge in [-0.15, -0.1) is 21.5 Å². The lowest BCUT2D eigenvalue weighted by Crippen LogP contribution is -2.25. The molecule has 4 N–H and O–H groups in total. The number of fused-ring (bicyclic) bond motifs is 1. The Balaban J connectivity index is 1.74. The number of aromatic nitrogens is 4. The quantitative estimate of drug-likeness (QED) is 0.174. The second kappa shape index (κ2) is 8.70. The maximum atomic E-state index is 13.2. The molecule has 4 aromatic heterocycles. The number of aryl methyl sites for hydroxylation is 2. The van der Waals surface area contributed by atoms with Gasteiger partial charge in [0.1, 0.15) is 0 Å². The van der Waals surface area contributed by atoms with Crippen LogP contribution in [-0.4, -0.2) is 37.8 Å². The second-order valence-corrected chi connectivity index (χ2v) is 8.02. The first-order valence-corrected chi connectivity index (χ1v) is 10.2. The number of nitrogens with two attached hydrogens (primary N) is 1. The highest BCUT2D eigenvalue weighted by Gasteiger charge is 2.20. The number of alkyl halides is 2. The van der Waals surface area contributed by atoms with Gasteiger partial charge in [0.25, 0.3) is 12.3 Å². The normalized spacial score (nSPS) is 12.0. The molecule has 0 unspecified atom stereocenters. The highest BCUT2D eigenvalue weighted by atomic mass is 32.1. The fourth-order valence-electron chi connectivity index (χ4n) is 3.01. The van der Waals surface area contributed by atoms with Crippen LogP contribution in [0.4, 0.5) is 14.5 Å². The summed E-state index contributed by atoms with van der Waals surface area (Å²) in [5, 5.41) is 15.8. The van der Waals surface area contributed by atoms with Gasteiger partial charge in [0.2, 0.25) is 11.8 Å². The third-order valence-corrected chi connectivity index (χ3v) is 5.46. The van der Waals surface area contributed by atoms with Gasteiger partial charge in [-0.1, -0.05) is 0 Å². The number of hydrazone groups is 1. The smallest absolute Gasteiger partial charge is 0.297 e. The molecule has 0 aliphatic rings. The van der Waals surface area contributed by atoms with Crippen LogP contribution in [0.1, 0.15) is 27.0 Å². The molecule has 4 aromatic rings. The number of pyridine rings is 1. The molecule has 0 aromatic carbocycles. The topological polar surface area (TPSA) is 136 Å². The van der Waals surface area contributed by atoms with Gasteiger partial charge in [0, 0.05) is 18.0 Å². The SMILES string of the molecule is Cc1nnc(CNC(=O)c2cc(N/C(=N\N)C(F)F)c3ncc(-c4ccc(C)s4)n3c2)o1. The van der Waals surface area contributed by atoms with Gasteiger partial charge in [-0.05, 0) is 25.1 Å². The van der Waals surface area contributed by atoms with Crippen molar-refractivity contribution in [1.29, 1.82) is 0 Å². The molecule has 4 heterocycles. The van der Waals surface area contributed by atoms with Gasteiger partial charge >= 0.3 is 0 Å². The van der Waals surface area contributed by atoms with Gasteiger partial charge < -0.3 is 20.9 Å². The Morgan fingerprint density at radius 3 is 2.78 bits per heavy atom. The number of hydrogen-bond acceptors (Lipinski definition) is 8. The Kier molecular flexibility index (Phi) is 5.81. The van der Waals surface area contributed by atoms with E-state index in [0.29, 0.717) is 17.2 Å². The standard InChI is InChI=1S/C19H18F2N8O2S/c1-9-3-4-14(32-9)13-6-23-18-12(25-17(26-22)16(20)21)5-11(8-29(13)18)19(30)24-7-15-28-27-10(2)31-15/h3-6,8,16H,7,22H2,1-2H3,(H,24,30)(H,25,26). The molecule has 0 aliphatic carbocycles. The van der Waals surface area contributed by atoms with Crippen molar-refractivity contribution in [2.45, 2.75) is 26.8 Å². The van der Waals surface area contributed by atoms with Gasteiger partial charge in [-0.3, -0.25) is 9.20 Å². The van der Waals surface area contributed by atoms with Crippen molar-refractivity contribution in [2.24, 2.45) is 10.9 Å². The molecule has 0 atom stereocenters. The Bertz CT molecular complexity index is 1310. The zero-order chi connectivity index (χ0) is 22.8. The second-order valence-electron chi connectivity index (χ2n) is 6.73. The number of hydrogen-bond donors (Lipinski definition) is 3. The van der Waals surface area contributed by atoms with E-state index in [1.165, 1.54) is 6.07 Å². The van der Waals surface area contributed by atoms with Crippen LogP contribution in [0.2, 0.25) is 0 Å². The largest absolute Gasteiger partial charge is 0.424 e. The Morgan fingerprint density at radius 1 is 1.34 bits per heavy atom. The predicted molar refractivity (Wildman–Crippen MR) is 115 cm³/mol. The number of carbonyl (C=O) groups excluding carboxylic acids is 1. The molecule has 0 radical (unpaired) electrons. The van der Waals surface area contributed by atoms with Gasteiger partial charge in [0.15, 0.2) is 11.5 Å². The third kappa shape index (κ3) is 4.27. The Morgan fingerprint density at radius 2 is 2.16 bits per heavy atom. The molecule has 1 amide bonds. The predicted octanol–water partition coefficient (Wildman–Crippen LogP) is 2.94. The van der Waals surface area contributed by atoms with Crippen molar-refractivity contribution < 1.29 is 18.0 Å². The summed E-state index contributed by atoms with van der Waals surface area (Å²) in [6.45, 7) is 3.61. The number of amides is 1. The van der Waals surface area contributed by atoms with Crippen LogP contribution >= 0.6 is 11.3 Å². The van der Waals surface area contributed by atoms with Crippen LogP contribution in [0, 0.1) is 13.8 Å². The number of imidazole rings is 1. The molecule has 0 saturated heterocycles. The van der Waals surface area contributed by atoms with E-state index in [4.69, 9.17) is 10.3 Å². The van der Waals surface area contributed by atoms with E-state index in [-0.39, 0.29) is 23.7 Å². The minimum atomic E-state index is -2.94. The van der Waals surface area contributed by atoms with Gasteiger partial charge in [0.05, 0.1) is 34.6 Å². The van der Waals surface area contributed by atoms with Crippen LogP contribution in [0.3, 0.4) is 0 Å². The zero-order valence-electron chi connectivity index (χ0n) is 17.0. The van der Waals surface area contributed by atoms with Crippen LogP contribution in [0.25, 0.3) is 16.2 Å². The number of carbonyl (C=O) groups is 1. The van der Waals surface area contributed by atoms with Crippen molar-refractivity contribution in [2.75, 3.05) is 5.32 Å². The highest BCUT2D eigenvalue weighted by Crippen LogP contribution is 2.31. The molecule has 166 valence electrons. The fraction of sp³-hybridized carbons (Fsp3) is 0.211. The molecular weight excluding hydrogens is 442 g/mol. The van der Waals surface area contributed by atoms with E-state index in [9.17, 15) is 13.6 Å². The van der Waals surface area contributed by atoms with Crippen molar-refractivity contribution in [1.82, 2.24) is 24.9 Å². The van der Waals surface area contributed by atoms with Crippen molar-refractivity contribution in [3.63, 3.8) is 0 Å². The van der Waals surface area contributed by atoms with E-state index < -0.39 is 18.2 Å². The molecule has 0 fully saturated rings. The monoisotopic (exact) mass is 460 g/mol. The number of rotatable bonds is 6. The molecular formula is C19H18F2N8O2S. The van der Waals surface area contributed by atoms with E-state index in [2.05, 4.69) is 30.9 Å². The van der Waals surface area contributed by atoms with E-state index in [1.807, 2.05) is 19.1 Å². The van der Waals surface area contributed by atoms with E-state index in [1.54, 1.807) is 35.1 Å². The van der Waals surface area contributed by atoms with Crippen LogP contribution in [-0.2, 0) is 6.54 Å². The molecule has 0 aliphatic heterocycles. The van der Waals surface area contributed by atoms with E-state index in [0.717, 1.165) is 9.75 Å². The van der Waals surface area contributed by atoms with Crippen LogP contribution < -0.4 is 16.5 Å². The zero-order valence-corrected chi connectivity index (χ0v) is 17.8. The Hall–Kier alpha value is -3.87. The maximum Gasteiger partial charge on any atom is 0.297 e. The van der Waals surface area contributed by atoms with Crippen molar-refractivity contribution in [3.05, 3.63) is 52.8 Å². The number of amidine groups is 1. The first kappa shape index (κ1) is 21.4. The molecule has 4 rings (SSSR count). The number of nitrogens with one attached hydrogen (secondary N) is 2. The summed E-state index contributed by atoms with van der Waals surface area (Å²) in [6, 6.07) is 5.28. The summed E-state index contributed by atoms with van der Waals surface area (Å²) in [5.74, 6) is 4.48. The summed E-state index contributed by atoms with van der Waals surface area (Å²) in [4.78, 5) is 19.2. The minimum absolute atomic E-state index is 0.00786. The first-order chi connectivity index (χ1) is 15.4. The lowest BCUT2D eigenvalue weighted by molar-refractivity contribution is 0.0946. The summed E-state index contributed by atoms with van der Waals surface area (Å²) in [7, 11) is 0. The lowest BCUT2D eigenvalue weighted by Gasteiger charge is -2.12. The molecule has 13 heteroatoms. The maximum absolute atomic E-state index is 13.2. The van der Waals surface area contributed by atoms with Gasteiger partial charge in [-0.2, -0.15) is 5.10 Å². The van der Waals surface area contributed by atoms with Crippen LogP contribution in [0.5, 0.6) is 0 Å². The third-order valence-electron chi connectivity index (χ3n) is 4.44. The van der Waals surface area contributed by atoms with E-state index >= 15 is 0 Å². The number of thiophene rings is 1. The fourth-order valence-corrected chi connectivity index (χ4v) is 3.88. The highest BCUT2D eigenvalue weighted by molar-refractivity contribution is 7.15. The van der Waals surface area contributed by atoms with Gasteiger partial charge in [-0.25, -0.2) is 13.8 Å². The molecule has 10 nitrogen and oxygen atoms in total.